The van der Waals surface area contributed by atoms with E-state index in [0.29, 0.717) is 17.8 Å². The summed E-state index contributed by atoms with van der Waals surface area (Å²) >= 11 is 1.53. The van der Waals surface area contributed by atoms with Gasteiger partial charge in [0.05, 0.1) is 16.9 Å². The second-order valence-corrected chi connectivity index (χ2v) is 6.50. The Balaban J connectivity index is 2.38. The van der Waals surface area contributed by atoms with Crippen molar-refractivity contribution in [2.45, 2.75) is 33.2 Å². The number of carbonyl (C=O) groups excluding carboxylic acids is 1. The van der Waals surface area contributed by atoms with E-state index in [-0.39, 0.29) is 11.5 Å². The molecule has 0 atom stereocenters. The van der Waals surface area contributed by atoms with E-state index in [1.54, 1.807) is 13.0 Å². The largest absolute Gasteiger partial charge is 0.462 e. The van der Waals surface area contributed by atoms with Crippen LogP contribution in [0.1, 0.15) is 38.1 Å². The number of esters is 1. The summed E-state index contributed by atoms with van der Waals surface area (Å²) in [5.41, 5.74) is 1.11. The molecule has 0 aromatic carbocycles. The smallest absolute Gasteiger partial charge is 0.339 e. The van der Waals surface area contributed by atoms with Crippen LogP contribution in [0.15, 0.2) is 12.3 Å². The first-order chi connectivity index (χ1) is 9.32. The maximum Gasteiger partial charge on any atom is 0.339 e. The van der Waals surface area contributed by atoms with Crippen molar-refractivity contribution in [3.05, 3.63) is 17.8 Å². The predicted molar refractivity (Wildman–Crippen MR) is 81.5 cm³/mol. The molecule has 5 nitrogen and oxygen atoms in total. The number of pyridine rings is 1. The zero-order valence-electron chi connectivity index (χ0n) is 12.4. The molecule has 108 valence electrons. The highest BCUT2D eigenvalue weighted by atomic mass is 32.1. The average molecular weight is 293 g/mol. The summed E-state index contributed by atoms with van der Waals surface area (Å²) in [4.78, 5) is 22.5. The van der Waals surface area contributed by atoms with Crippen molar-refractivity contribution in [3.63, 3.8) is 0 Å². The molecule has 2 heterocycles. The van der Waals surface area contributed by atoms with Crippen LogP contribution in [0, 0.1) is 0 Å². The highest BCUT2D eigenvalue weighted by Crippen LogP contribution is 2.31. The van der Waals surface area contributed by atoms with E-state index in [9.17, 15) is 4.79 Å². The van der Waals surface area contributed by atoms with E-state index < -0.39 is 0 Å². The zero-order valence-corrected chi connectivity index (χ0v) is 13.2. The summed E-state index contributed by atoms with van der Waals surface area (Å²) in [5, 5.41) is 0.890. The van der Waals surface area contributed by atoms with E-state index in [2.05, 4.69) is 35.6 Å². The number of ether oxygens (including phenoxy) is 1. The van der Waals surface area contributed by atoms with Gasteiger partial charge in [-0.05, 0) is 33.8 Å². The van der Waals surface area contributed by atoms with Gasteiger partial charge in [0.25, 0.3) is 0 Å². The Morgan fingerprint density at radius 2 is 2.15 bits per heavy atom. The number of anilines is 1. The van der Waals surface area contributed by atoms with Crippen molar-refractivity contribution < 1.29 is 9.53 Å². The zero-order chi connectivity index (χ0) is 14.9. The van der Waals surface area contributed by atoms with E-state index in [1.165, 1.54) is 17.5 Å². The summed E-state index contributed by atoms with van der Waals surface area (Å²) in [6.45, 7) is 8.51. The number of carbonyl (C=O) groups is 1. The average Bonchev–Trinajstić information content (AvgIpc) is 2.79. The van der Waals surface area contributed by atoms with Crippen molar-refractivity contribution in [1.82, 2.24) is 9.97 Å². The van der Waals surface area contributed by atoms with Crippen LogP contribution in [0.2, 0.25) is 0 Å². The van der Waals surface area contributed by atoms with Gasteiger partial charge in [0.2, 0.25) is 0 Å². The van der Waals surface area contributed by atoms with E-state index in [1.807, 2.05) is 7.05 Å². The van der Waals surface area contributed by atoms with Crippen molar-refractivity contribution in [2.24, 2.45) is 0 Å². The summed E-state index contributed by atoms with van der Waals surface area (Å²) < 4.78 is 5.87. The van der Waals surface area contributed by atoms with Gasteiger partial charge in [0, 0.05) is 18.8 Å². The molecule has 0 fully saturated rings. The molecule has 0 unspecified atom stereocenters. The van der Waals surface area contributed by atoms with Crippen LogP contribution in [-0.4, -0.2) is 35.1 Å². The lowest BCUT2D eigenvalue weighted by Gasteiger charge is -2.31. The maximum absolute atomic E-state index is 11.7. The molecule has 0 N–H and O–H groups in total. The van der Waals surface area contributed by atoms with Crippen LogP contribution in [0.25, 0.3) is 10.3 Å². The lowest BCUT2D eigenvalue weighted by molar-refractivity contribution is 0.0526. The first-order valence-electron chi connectivity index (χ1n) is 6.50. The fourth-order valence-electron chi connectivity index (χ4n) is 1.56. The first kappa shape index (κ1) is 14.7. The Morgan fingerprint density at radius 1 is 1.45 bits per heavy atom. The third-order valence-corrected chi connectivity index (χ3v) is 4.11. The van der Waals surface area contributed by atoms with E-state index in [0.717, 1.165) is 9.83 Å². The van der Waals surface area contributed by atoms with Gasteiger partial charge in [0.1, 0.15) is 0 Å². The molecule has 0 aliphatic heterocycles. The summed E-state index contributed by atoms with van der Waals surface area (Å²) in [6, 6.07) is 1.79. The highest BCUT2D eigenvalue weighted by Gasteiger charge is 2.21. The second-order valence-electron chi connectivity index (χ2n) is 5.49. The Bertz CT molecular complexity index is 631. The topological polar surface area (TPSA) is 55.3 Å². The molecular weight excluding hydrogens is 274 g/mol. The van der Waals surface area contributed by atoms with Gasteiger partial charge in [-0.1, -0.05) is 11.3 Å². The molecule has 0 saturated heterocycles. The summed E-state index contributed by atoms with van der Waals surface area (Å²) in [7, 11) is 2.00. The summed E-state index contributed by atoms with van der Waals surface area (Å²) in [5.74, 6) is -0.346. The fourth-order valence-corrected chi connectivity index (χ4v) is 2.68. The van der Waals surface area contributed by atoms with Crippen LogP contribution >= 0.6 is 11.3 Å². The van der Waals surface area contributed by atoms with Gasteiger partial charge in [-0.15, -0.1) is 0 Å². The third kappa shape index (κ3) is 2.90. The number of aromatic nitrogens is 2. The maximum atomic E-state index is 11.7. The van der Waals surface area contributed by atoms with Gasteiger partial charge in [0.15, 0.2) is 10.8 Å². The van der Waals surface area contributed by atoms with Crippen molar-refractivity contribution in [3.8, 4) is 0 Å². The SMILES string of the molecule is CCOC(=O)c1cnc2nc(N(C)C(C)(C)C)sc2c1. The van der Waals surface area contributed by atoms with Gasteiger partial charge in [-0.25, -0.2) is 9.78 Å². The minimum atomic E-state index is -0.346. The normalized spacial score (nSPS) is 11.7. The predicted octanol–water partition coefficient (Wildman–Crippen LogP) is 3.10. The van der Waals surface area contributed by atoms with Gasteiger partial charge < -0.3 is 9.64 Å². The Labute approximate surface area is 122 Å². The Kier molecular flexibility index (Phi) is 3.94. The minimum Gasteiger partial charge on any atom is -0.462 e. The van der Waals surface area contributed by atoms with Crippen molar-refractivity contribution in [2.75, 3.05) is 18.6 Å². The molecule has 0 aliphatic carbocycles. The van der Waals surface area contributed by atoms with Crippen LogP contribution < -0.4 is 4.90 Å². The number of hydrogen-bond acceptors (Lipinski definition) is 6. The van der Waals surface area contributed by atoms with Crippen LogP contribution in [0.5, 0.6) is 0 Å². The number of thiazole rings is 1. The molecule has 0 saturated carbocycles. The molecule has 0 spiro atoms. The molecule has 20 heavy (non-hydrogen) atoms. The monoisotopic (exact) mass is 293 g/mol. The lowest BCUT2D eigenvalue weighted by atomic mass is 10.1. The van der Waals surface area contributed by atoms with Crippen LogP contribution in [-0.2, 0) is 4.74 Å². The van der Waals surface area contributed by atoms with Crippen molar-refractivity contribution in [1.29, 1.82) is 0 Å². The quantitative estimate of drug-likeness (QED) is 0.814. The molecule has 2 aromatic heterocycles. The first-order valence-corrected chi connectivity index (χ1v) is 7.32. The molecule has 0 bridgehead atoms. The minimum absolute atomic E-state index is 0.0160. The second kappa shape index (κ2) is 5.36. The standard InChI is InChI=1S/C14H19N3O2S/c1-6-19-12(18)9-7-10-11(15-8-9)16-13(20-10)17(5)14(2,3)4/h7-8H,6H2,1-5H3. The molecule has 6 heteroatoms. The van der Waals surface area contributed by atoms with Gasteiger partial charge >= 0.3 is 5.97 Å². The van der Waals surface area contributed by atoms with Gasteiger partial charge in [-0.2, -0.15) is 4.98 Å². The van der Waals surface area contributed by atoms with Crippen molar-refractivity contribution >= 4 is 32.8 Å². The number of hydrogen-bond donors (Lipinski definition) is 0. The molecule has 0 aliphatic rings. The fraction of sp³-hybridized carbons (Fsp3) is 0.500. The van der Waals surface area contributed by atoms with Crippen LogP contribution in [0.3, 0.4) is 0 Å². The molecule has 0 radical (unpaired) electrons. The number of rotatable bonds is 3. The lowest BCUT2D eigenvalue weighted by Crippen LogP contribution is -2.37. The number of fused-ring (bicyclic) bond motifs is 1. The Morgan fingerprint density at radius 3 is 2.75 bits per heavy atom. The summed E-state index contributed by atoms with van der Waals surface area (Å²) in [6.07, 6.45) is 1.51. The Hall–Kier alpha value is -1.69. The molecular formula is C14H19N3O2S. The molecule has 2 aromatic rings. The van der Waals surface area contributed by atoms with Gasteiger partial charge in [-0.3, -0.25) is 0 Å². The molecule has 0 amide bonds. The molecule has 2 rings (SSSR count). The van der Waals surface area contributed by atoms with Crippen LogP contribution in [0.4, 0.5) is 5.13 Å². The third-order valence-electron chi connectivity index (χ3n) is 3.04. The van der Waals surface area contributed by atoms with E-state index in [4.69, 9.17) is 4.74 Å². The van der Waals surface area contributed by atoms with E-state index >= 15 is 0 Å². The highest BCUT2D eigenvalue weighted by molar-refractivity contribution is 7.22. The number of nitrogens with zero attached hydrogens (tertiary/aromatic N) is 3.